The third kappa shape index (κ3) is 15.3. The van der Waals surface area contributed by atoms with E-state index in [1.165, 1.54) is 31.4 Å². The molecule has 4 heterocycles. The van der Waals surface area contributed by atoms with Crippen LogP contribution in [0, 0.1) is 25.7 Å². The van der Waals surface area contributed by atoms with Gasteiger partial charge in [-0.2, -0.15) is 0 Å². The number of likely N-dealkylation sites (tertiary alicyclic amines) is 2. The number of aliphatic hydroxyl groups excluding tert-OH is 2. The van der Waals surface area contributed by atoms with Crippen LogP contribution in [-0.4, -0.2) is 126 Å². The Labute approximate surface area is 426 Å². The molecule has 0 spiro atoms. The minimum atomic E-state index is -1.08. The lowest BCUT2D eigenvalue weighted by Crippen LogP contribution is -2.54. The molecular formula is C50H66N8O8S4. The van der Waals surface area contributed by atoms with Crippen molar-refractivity contribution in [2.24, 2.45) is 11.8 Å². The van der Waals surface area contributed by atoms with Gasteiger partial charge in [-0.15, -0.1) is 22.7 Å². The van der Waals surface area contributed by atoms with Crippen LogP contribution in [0.1, 0.15) is 88.7 Å². The summed E-state index contributed by atoms with van der Waals surface area (Å²) in [6.07, 6.45) is -0.286. The normalized spacial score (nSPS) is 18.8. The van der Waals surface area contributed by atoms with Crippen molar-refractivity contribution in [1.29, 1.82) is 0 Å². The molecule has 0 unspecified atom stereocenters. The van der Waals surface area contributed by atoms with Gasteiger partial charge in [-0.1, -0.05) is 97.8 Å². The molecule has 6 rings (SSSR count). The van der Waals surface area contributed by atoms with E-state index >= 15 is 0 Å². The molecule has 70 heavy (non-hydrogen) atoms. The Kier molecular flexibility index (Phi) is 20.2. The number of aliphatic hydroxyl groups is 2. The summed E-state index contributed by atoms with van der Waals surface area (Å²) < 4.78 is 0. The van der Waals surface area contributed by atoms with Crippen LogP contribution in [0.5, 0.6) is 0 Å². The van der Waals surface area contributed by atoms with Crippen LogP contribution in [0.25, 0.3) is 20.9 Å². The average molecular weight is 1040 g/mol. The summed E-state index contributed by atoms with van der Waals surface area (Å²) in [7, 11) is 2.43. The number of β-amino-alcohol motifs (C(OH)–C–C–N with tert-alkyl or cyclic N) is 2. The topological polar surface area (TPSA) is 223 Å². The van der Waals surface area contributed by atoms with E-state index in [1.54, 1.807) is 33.7 Å². The molecule has 4 aromatic rings. The van der Waals surface area contributed by atoms with E-state index in [-0.39, 0.29) is 87.0 Å². The van der Waals surface area contributed by atoms with Crippen LogP contribution in [0.3, 0.4) is 0 Å². The maximum atomic E-state index is 14.4. The number of hydrogen-bond acceptors (Lipinski definition) is 14. The molecule has 378 valence electrons. The van der Waals surface area contributed by atoms with Crippen LogP contribution in [0.4, 0.5) is 0 Å². The fourth-order valence-corrected chi connectivity index (χ4v) is 12.2. The average Bonchev–Trinajstić information content (AvgIpc) is 4.16. The highest BCUT2D eigenvalue weighted by Gasteiger charge is 2.43. The minimum Gasteiger partial charge on any atom is -0.391 e. The molecule has 6 atom stereocenters. The Balaban J connectivity index is 1.10. The van der Waals surface area contributed by atoms with Gasteiger partial charge < -0.3 is 41.3 Å². The maximum Gasteiger partial charge on any atom is 0.246 e. The molecule has 2 aromatic heterocycles. The second-order valence-electron chi connectivity index (χ2n) is 18.8. The Bertz CT molecular complexity index is 2250. The number of carbonyl (C=O) groups is 6. The van der Waals surface area contributed by atoms with Crippen LogP contribution < -0.4 is 21.3 Å². The molecular weight excluding hydrogens is 969 g/mol. The van der Waals surface area contributed by atoms with Crippen LogP contribution in [-0.2, 0) is 41.9 Å². The molecule has 20 heteroatoms. The molecule has 2 saturated heterocycles. The third-order valence-corrected chi connectivity index (χ3v) is 16.7. The van der Waals surface area contributed by atoms with Crippen molar-refractivity contribution in [2.75, 3.05) is 24.6 Å². The zero-order chi connectivity index (χ0) is 50.5. The summed E-state index contributed by atoms with van der Waals surface area (Å²) in [6, 6.07) is 11.5. The molecule has 2 aliphatic rings. The second-order valence-corrected chi connectivity index (χ2v) is 23.1. The summed E-state index contributed by atoms with van der Waals surface area (Å²) in [6.45, 7) is 12.1. The predicted octanol–water partition coefficient (Wildman–Crippen LogP) is 5.63. The van der Waals surface area contributed by atoms with Gasteiger partial charge in [0, 0.05) is 63.4 Å². The van der Waals surface area contributed by atoms with E-state index in [9.17, 15) is 39.0 Å². The number of benzene rings is 2. The van der Waals surface area contributed by atoms with Crippen molar-refractivity contribution in [3.05, 3.63) is 82.1 Å². The highest BCUT2D eigenvalue weighted by atomic mass is 33.1. The second kappa shape index (κ2) is 26.0. The number of aryl methyl sites for hydroxylation is 2. The van der Waals surface area contributed by atoms with Gasteiger partial charge in [-0.25, -0.2) is 9.97 Å². The van der Waals surface area contributed by atoms with Crippen LogP contribution in [0.2, 0.25) is 0 Å². The van der Waals surface area contributed by atoms with E-state index < -0.39 is 60.0 Å². The van der Waals surface area contributed by atoms with E-state index in [0.29, 0.717) is 12.8 Å². The highest BCUT2D eigenvalue weighted by molar-refractivity contribution is 8.76. The number of nitrogens with one attached hydrogen (secondary N) is 4. The Hall–Kier alpha value is -4.86. The van der Waals surface area contributed by atoms with Crippen molar-refractivity contribution in [3.8, 4) is 20.9 Å². The summed E-state index contributed by atoms with van der Waals surface area (Å²) >= 11 is 3.11. The molecule has 16 nitrogen and oxygen atoms in total. The SMILES string of the molecule is Cc1ncsc1-c1ccc(CNC(=O)[C@H]2C[C@H](O)CN2C(=O)[C@@H](CSSC[C@@H](NC(=O)CCC(C)C)C(=O)N2C[C@H](O)C[C@H]2C(=O)NCc2ccc(-c3scnc3C)cc2)NC(=O)CCC(C)C)cc1. The lowest BCUT2D eigenvalue weighted by molar-refractivity contribution is -0.141. The Morgan fingerprint density at radius 1 is 0.629 bits per heavy atom. The first-order chi connectivity index (χ1) is 33.5. The van der Waals surface area contributed by atoms with E-state index in [4.69, 9.17) is 0 Å². The van der Waals surface area contributed by atoms with Crippen molar-refractivity contribution in [3.63, 3.8) is 0 Å². The third-order valence-electron chi connectivity index (χ3n) is 12.3. The molecule has 6 amide bonds. The summed E-state index contributed by atoms with van der Waals surface area (Å²) in [5, 5.41) is 33.1. The van der Waals surface area contributed by atoms with E-state index in [0.717, 1.165) is 43.4 Å². The standard InChI is InChI=1S/C50H66N8O8S4/c1-29(2)7-17-43(61)55-39(49(65)57-23-37(59)19-41(57)47(63)51-21-33-9-13-35(14-10-33)45-31(5)53-27-67-45)25-69-70-26-40(56-44(62)18-8-30(3)4)50(66)58-24-38(60)20-42(58)48(64)52-22-34-11-15-36(16-12-34)46-32(6)54-28-68-46/h9-16,27-30,37-42,59-60H,7-8,17-26H2,1-6H3,(H,51,63)(H,52,64)(H,55,61)(H,56,62)/t37-,38+,39-,40-,41+,42-/m1/s1. The van der Waals surface area contributed by atoms with Gasteiger partial charge in [0.15, 0.2) is 0 Å². The molecule has 0 bridgehead atoms. The highest BCUT2D eigenvalue weighted by Crippen LogP contribution is 2.30. The fourth-order valence-electron chi connectivity index (χ4n) is 8.29. The van der Waals surface area contributed by atoms with E-state index in [1.807, 2.05) is 90.1 Å². The van der Waals surface area contributed by atoms with Crippen molar-refractivity contribution >= 4 is 79.7 Å². The first kappa shape index (κ1) is 54.5. The lowest BCUT2D eigenvalue weighted by atomic mass is 10.1. The maximum absolute atomic E-state index is 14.4. The minimum absolute atomic E-state index is 0.0303. The van der Waals surface area contributed by atoms with Gasteiger partial charge in [-0.05, 0) is 60.8 Å². The van der Waals surface area contributed by atoms with Gasteiger partial charge in [0.2, 0.25) is 35.4 Å². The summed E-state index contributed by atoms with van der Waals surface area (Å²) in [5.74, 6) is -1.99. The first-order valence-electron chi connectivity index (χ1n) is 23.8. The van der Waals surface area contributed by atoms with Gasteiger partial charge in [-0.3, -0.25) is 28.8 Å². The Morgan fingerprint density at radius 3 is 1.33 bits per heavy atom. The molecule has 0 radical (unpaired) electrons. The van der Waals surface area contributed by atoms with Gasteiger partial charge in [0.05, 0.1) is 44.4 Å². The largest absolute Gasteiger partial charge is 0.391 e. The number of thiazole rings is 2. The number of hydrogen-bond donors (Lipinski definition) is 6. The quantitative estimate of drug-likeness (QED) is 0.0393. The zero-order valence-electron chi connectivity index (χ0n) is 40.6. The number of aromatic nitrogens is 2. The Morgan fingerprint density at radius 2 is 1.00 bits per heavy atom. The molecule has 2 aliphatic heterocycles. The number of nitrogens with zero attached hydrogens (tertiary/aromatic N) is 4. The zero-order valence-corrected chi connectivity index (χ0v) is 43.9. The molecule has 0 aliphatic carbocycles. The van der Waals surface area contributed by atoms with Gasteiger partial charge in [0.25, 0.3) is 0 Å². The molecule has 2 aromatic carbocycles. The van der Waals surface area contributed by atoms with Crippen LogP contribution in [0.15, 0.2) is 59.6 Å². The number of rotatable bonds is 23. The van der Waals surface area contributed by atoms with Crippen LogP contribution >= 0.6 is 44.3 Å². The summed E-state index contributed by atoms with van der Waals surface area (Å²) in [5.41, 5.74) is 9.23. The van der Waals surface area contributed by atoms with Crippen molar-refractivity contribution in [2.45, 2.75) is 130 Å². The van der Waals surface area contributed by atoms with E-state index in [2.05, 4.69) is 31.2 Å². The van der Waals surface area contributed by atoms with Crippen molar-refractivity contribution in [1.82, 2.24) is 41.0 Å². The monoisotopic (exact) mass is 1030 g/mol. The number of carbonyl (C=O) groups excluding carboxylic acids is 6. The fraction of sp³-hybridized carbons (Fsp3) is 0.520. The smallest absolute Gasteiger partial charge is 0.246 e. The molecule has 0 saturated carbocycles. The predicted molar refractivity (Wildman–Crippen MR) is 277 cm³/mol. The van der Waals surface area contributed by atoms with Gasteiger partial charge in [0.1, 0.15) is 24.2 Å². The van der Waals surface area contributed by atoms with Gasteiger partial charge >= 0.3 is 0 Å². The van der Waals surface area contributed by atoms with Crippen molar-refractivity contribution < 1.29 is 39.0 Å². The molecule has 6 N–H and O–H groups in total. The first-order valence-corrected chi connectivity index (χ1v) is 28.1. The number of amides is 6. The summed E-state index contributed by atoms with van der Waals surface area (Å²) in [4.78, 5) is 96.1. The molecule has 2 fully saturated rings. The lowest BCUT2D eigenvalue weighted by Gasteiger charge is -2.29.